The summed E-state index contributed by atoms with van der Waals surface area (Å²) in [5.74, 6) is -0.551. The van der Waals surface area contributed by atoms with E-state index < -0.39 is 5.82 Å². The Balaban J connectivity index is 1.56. The number of hydrogen-bond acceptors (Lipinski definition) is 4. The molecular formula is C20H21F2N3O2S. The number of hydrogen-bond donors (Lipinski definition) is 1. The highest BCUT2D eigenvalue weighted by atomic mass is 32.2. The van der Waals surface area contributed by atoms with Crippen molar-refractivity contribution in [3.8, 4) is 0 Å². The van der Waals surface area contributed by atoms with Gasteiger partial charge in [0.15, 0.2) is 0 Å². The van der Waals surface area contributed by atoms with E-state index >= 15 is 0 Å². The van der Waals surface area contributed by atoms with Crippen LogP contribution >= 0.6 is 11.8 Å². The van der Waals surface area contributed by atoms with Crippen LogP contribution in [0.5, 0.6) is 0 Å². The van der Waals surface area contributed by atoms with Crippen molar-refractivity contribution in [1.29, 1.82) is 0 Å². The second-order valence-corrected chi connectivity index (χ2v) is 7.75. The molecule has 0 aromatic heterocycles. The molecule has 2 aromatic carbocycles. The van der Waals surface area contributed by atoms with Crippen LogP contribution in [-0.4, -0.2) is 54.0 Å². The van der Waals surface area contributed by atoms with Gasteiger partial charge >= 0.3 is 0 Å². The number of rotatable bonds is 6. The number of nitrogens with zero attached hydrogens (tertiary/aromatic N) is 2. The normalized spacial score (nSPS) is 16.4. The molecule has 2 amide bonds. The molecule has 1 aliphatic rings. The largest absolute Gasteiger partial charge is 0.325 e. The number of amides is 2. The number of anilines is 1. The van der Waals surface area contributed by atoms with Crippen molar-refractivity contribution >= 4 is 29.3 Å². The lowest BCUT2D eigenvalue weighted by atomic mass is 10.2. The van der Waals surface area contributed by atoms with Gasteiger partial charge in [0.2, 0.25) is 11.8 Å². The van der Waals surface area contributed by atoms with E-state index in [1.54, 1.807) is 41.1 Å². The molecule has 1 N–H and O–H groups in total. The van der Waals surface area contributed by atoms with E-state index in [0.717, 1.165) is 5.75 Å². The zero-order valence-corrected chi connectivity index (χ0v) is 16.2. The lowest BCUT2D eigenvalue weighted by Gasteiger charge is -2.26. The van der Waals surface area contributed by atoms with Crippen molar-refractivity contribution in [2.75, 3.05) is 37.8 Å². The van der Waals surface area contributed by atoms with Gasteiger partial charge in [-0.2, -0.15) is 0 Å². The Morgan fingerprint density at radius 2 is 1.96 bits per heavy atom. The van der Waals surface area contributed by atoms with Crippen LogP contribution < -0.4 is 5.32 Å². The van der Waals surface area contributed by atoms with E-state index in [1.165, 1.54) is 36.0 Å². The third-order valence-electron chi connectivity index (χ3n) is 4.31. The number of likely N-dealkylation sites (N-methyl/N-ethyl adjacent to an activating group) is 1. The van der Waals surface area contributed by atoms with Gasteiger partial charge in [0.25, 0.3) is 0 Å². The molecule has 5 nitrogen and oxygen atoms in total. The van der Waals surface area contributed by atoms with Gasteiger partial charge in [-0.05, 0) is 31.3 Å². The van der Waals surface area contributed by atoms with Gasteiger partial charge in [0.05, 0.1) is 13.1 Å². The van der Waals surface area contributed by atoms with Gasteiger partial charge in [-0.15, -0.1) is 11.8 Å². The predicted molar refractivity (Wildman–Crippen MR) is 106 cm³/mol. The summed E-state index contributed by atoms with van der Waals surface area (Å²) in [4.78, 5) is 28.0. The molecule has 28 heavy (non-hydrogen) atoms. The Morgan fingerprint density at radius 1 is 1.18 bits per heavy atom. The van der Waals surface area contributed by atoms with Crippen molar-refractivity contribution in [1.82, 2.24) is 9.80 Å². The summed E-state index contributed by atoms with van der Waals surface area (Å²) in [7, 11) is 1.66. The van der Waals surface area contributed by atoms with Gasteiger partial charge in [-0.3, -0.25) is 14.5 Å². The Kier molecular flexibility index (Phi) is 6.64. The fraction of sp³-hybridized carbons (Fsp3) is 0.300. The number of halogens is 2. The molecule has 0 aliphatic carbocycles. The average Bonchev–Trinajstić information content (AvgIpc) is 3.11. The van der Waals surface area contributed by atoms with E-state index in [-0.39, 0.29) is 36.1 Å². The molecule has 1 aliphatic heterocycles. The quantitative estimate of drug-likeness (QED) is 0.803. The van der Waals surface area contributed by atoms with E-state index in [2.05, 4.69) is 5.32 Å². The minimum atomic E-state index is -0.438. The van der Waals surface area contributed by atoms with E-state index in [1.807, 2.05) is 0 Å². The highest BCUT2D eigenvalue weighted by Crippen LogP contribution is 2.38. The van der Waals surface area contributed by atoms with Crippen molar-refractivity contribution in [3.63, 3.8) is 0 Å². The molecule has 0 bridgehead atoms. The van der Waals surface area contributed by atoms with E-state index in [0.29, 0.717) is 17.8 Å². The lowest BCUT2D eigenvalue weighted by Crippen LogP contribution is -2.41. The number of carbonyl (C=O) groups is 2. The third-order valence-corrected chi connectivity index (χ3v) is 5.55. The molecule has 1 fully saturated rings. The molecule has 0 unspecified atom stereocenters. The summed E-state index contributed by atoms with van der Waals surface area (Å²) >= 11 is 1.52. The zero-order valence-electron chi connectivity index (χ0n) is 15.4. The highest BCUT2D eigenvalue weighted by Gasteiger charge is 2.32. The predicted octanol–water partition coefficient (Wildman–Crippen LogP) is 3.11. The fourth-order valence-corrected chi connectivity index (χ4v) is 4.35. The first-order valence-electron chi connectivity index (χ1n) is 8.83. The van der Waals surface area contributed by atoms with Crippen LogP contribution in [0.1, 0.15) is 10.9 Å². The topological polar surface area (TPSA) is 52.7 Å². The maximum atomic E-state index is 14.1. The molecule has 1 saturated heterocycles. The van der Waals surface area contributed by atoms with Crippen LogP contribution in [0.2, 0.25) is 0 Å². The van der Waals surface area contributed by atoms with Crippen LogP contribution in [0.25, 0.3) is 0 Å². The van der Waals surface area contributed by atoms with Crippen LogP contribution in [0.4, 0.5) is 14.5 Å². The summed E-state index contributed by atoms with van der Waals surface area (Å²) in [6, 6.07) is 12.1. The van der Waals surface area contributed by atoms with Gasteiger partial charge in [-0.1, -0.05) is 24.3 Å². The second kappa shape index (κ2) is 9.16. The first-order chi connectivity index (χ1) is 13.4. The third kappa shape index (κ3) is 5.08. The van der Waals surface area contributed by atoms with Crippen molar-refractivity contribution in [3.05, 3.63) is 65.7 Å². The van der Waals surface area contributed by atoms with Crippen molar-refractivity contribution < 1.29 is 18.4 Å². The highest BCUT2D eigenvalue weighted by molar-refractivity contribution is 7.99. The zero-order chi connectivity index (χ0) is 20.1. The van der Waals surface area contributed by atoms with Gasteiger partial charge < -0.3 is 10.2 Å². The maximum Gasteiger partial charge on any atom is 0.238 e. The Labute approximate surface area is 166 Å². The number of benzene rings is 2. The van der Waals surface area contributed by atoms with Crippen LogP contribution in [-0.2, 0) is 9.59 Å². The maximum absolute atomic E-state index is 14.1. The smallest absolute Gasteiger partial charge is 0.238 e. The molecule has 0 saturated carbocycles. The molecule has 8 heteroatoms. The number of nitrogens with one attached hydrogen (secondary N) is 1. The Hall–Kier alpha value is -2.45. The van der Waals surface area contributed by atoms with Crippen LogP contribution in [0.15, 0.2) is 48.5 Å². The Bertz CT molecular complexity index is 865. The summed E-state index contributed by atoms with van der Waals surface area (Å²) in [5.41, 5.74) is 0.852. The first kappa shape index (κ1) is 20.3. The van der Waals surface area contributed by atoms with E-state index in [9.17, 15) is 18.4 Å². The summed E-state index contributed by atoms with van der Waals surface area (Å²) in [5, 5.41) is 2.24. The van der Waals surface area contributed by atoms with Crippen LogP contribution in [0, 0.1) is 11.6 Å². The van der Waals surface area contributed by atoms with Crippen molar-refractivity contribution in [2.24, 2.45) is 0 Å². The molecule has 1 heterocycles. The molecule has 1 atom stereocenters. The molecule has 3 rings (SSSR count). The van der Waals surface area contributed by atoms with Crippen molar-refractivity contribution in [2.45, 2.75) is 5.37 Å². The number of thioether (sulfide) groups is 1. The van der Waals surface area contributed by atoms with E-state index in [4.69, 9.17) is 0 Å². The lowest BCUT2D eigenvalue weighted by molar-refractivity contribution is -0.132. The minimum Gasteiger partial charge on any atom is -0.325 e. The molecule has 0 radical (unpaired) electrons. The standard InChI is InChI=1S/C20H21F2N3O2S/c1-24(12-18(26)23-15-6-4-5-14(21)11-15)13-19(27)25-9-10-28-20(25)16-7-2-3-8-17(16)22/h2-8,11,20H,9-10,12-13H2,1H3,(H,23,26)/t20-/m1/s1. The average molecular weight is 405 g/mol. The van der Waals surface area contributed by atoms with Gasteiger partial charge in [0.1, 0.15) is 17.0 Å². The fourth-order valence-electron chi connectivity index (χ4n) is 3.05. The summed E-state index contributed by atoms with van der Waals surface area (Å²) in [6.07, 6.45) is 0. The molecule has 2 aromatic rings. The first-order valence-corrected chi connectivity index (χ1v) is 9.88. The second-order valence-electron chi connectivity index (χ2n) is 6.56. The monoisotopic (exact) mass is 405 g/mol. The molecular weight excluding hydrogens is 384 g/mol. The van der Waals surface area contributed by atoms with Gasteiger partial charge in [-0.25, -0.2) is 8.78 Å². The van der Waals surface area contributed by atoms with Crippen LogP contribution in [0.3, 0.4) is 0 Å². The number of carbonyl (C=O) groups excluding carboxylic acids is 2. The summed E-state index contributed by atoms with van der Waals surface area (Å²) in [6.45, 7) is 0.543. The SMILES string of the molecule is CN(CC(=O)Nc1cccc(F)c1)CC(=O)N1CCS[C@@H]1c1ccccc1F. The summed E-state index contributed by atoms with van der Waals surface area (Å²) < 4.78 is 27.3. The Morgan fingerprint density at radius 3 is 2.71 bits per heavy atom. The van der Waals surface area contributed by atoms with Gasteiger partial charge in [0, 0.05) is 23.5 Å². The molecule has 148 valence electrons. The minimum absolute atomic E-state index is 0.0202. The molecule has 0 spiro atoms.